The highest BCUT2D eigenvalue weighted by molar-refractivity contribution is 5.98. The highest BCUT2D eigenvalue weighted by atomic mass is 16.5. The van der Waals surface area contributed by atoms with Crippen LogP contribution in [0.1, 0.15) is 25.7 Å². The van der Waals surface area contributed by atoms with Gasteiger partial charge in [0, 0.05) is 12.6 Å². The summed E-state index contributed by atoms with van der Waals surface area (Å²) in [6, 6.07) is 0.242. The van der Waals surface area contributed by atoms with E-state index in [9.17, 15) is 9.59 Å². The van der Waals surface area contributed by atoms with E-state index in [2.05, 4.69) is 0 Å². The first kappa shape index (κ1) is 11.5. The summed E-state index contributed by atoms with van der Waals surface area (Å²) in [5, 5.41) is 0. The summed E-state index contributed by atoms with van der Waals surface area (Å²) in [4.78, 5) is 24.2. The smallest absolute Gasteiger partial charge is 0.255 e. The number of hydrogen-bond donors (Lipinski definition) is 1. The molecule has 2 amide bonds. The molecule has 1 aliphatic carbocycles. The molecule has 2 fully saturated rings. The predicted octanol–water partition coefficient (Wildman–Crippen LogP) is -0.111. The molecule has 2 unspecified atom stereocenters. The lowest BCUT2D eigenvalue weighted by molar-refractivity contribution is -0.158. The Bertz CT molecular complexity index is 277. The molecule has 5 nitrogen and oxygen atoms in total. The van der Waals surface area contributed by atoms with Crippen molar-refractivity contribution in [3.8, 4) is 0 Å². The third-order valence-electron chi connectivity index (χ3n) is 3.49. The summed E-state index contributed by atoms with van der Waals surface area (Å²) in [5.41, 5.74) is 5.95. The van der Waals surface area contributed by atoms with E-state index >= 15 is 0 Å². The van der Waals surface area contributed by atoms with Crippen molar-refractivity contribution in [2.75, 3.05) is 19.8 Å². The predicted molar refractivity (Wildman–Crippen MR) is 57.5 cm³/mol. The Morgan fingerprint density at radius 1 is 1.25 bits per heavy atom. The number of hydrogen-bond acceptors (Lipinski definition) is 4. The van der Waals surface area contributed by atoms with Gasteiger partial charge in [-0.25, -0.2) is 0 Å². The SMILES string of the molecule is NC1CCCC1CCN1C(=O)COCC1=O. The van der Waals surface area contributed by atoms with Crippen LogP contribution >= 0.6 is 0 Å². The fourth-order valence-electron chi connectivity index (χ4n) is 2.49. The van der Waals surface area contributed by atoms with Crippen molar-refractivity contribution in [1.82, 2.24) is 4.90 Å². The van der Waals surface area contributed by atoms with Gasteiger partial charge in [0.05, 0.1) is 0 Å². The number of morpholine rings is 1. The van der Waals surface area contributed by atoms with E-state index in [-0.39, 0.29) is 31.1 Å². The molecule has 0 aromatic carbocycles. The number of rotatable bonds is 3. The van der Waals surface area contributed by atoms with Crippen LogP contribution in [-0.4, -0.2) is 42.5 Å². The molecule has 0 aromatic rings. The number of amides is 2. The number of carbonyl (C=O) groups is 2. The van der Waals surface area contributed by atoms with Gasteiger partial charge in [0.15, 0.2) is 0 Å². The van der Waals surface area contributed by atoms with Gasteiger partial charge in [0.25, 0.3) is 11.8 Å². The molecule has 2 aliphatic rings. The molecule has 90 valence electrons. The molecule has 1 saturated heterocycles. The molecular formula is C11H18N2O3. The zero-order chi connectivity index (χ0) is 11.5. The summed E-state index contributed by atoms with van der Waals surface area (Å²) in [6.45, 7) is 0.560. The van der Waals surface area contributed by atoms with Crippen molar-refractivity contribution in [2.24, 2.45) is 11.7 Å². The van der Waals surface area contributed by atoms with Gasteiger partial charge >= 0.3 is 0 Å². The quantitative estimate of drug-likeness (QED) is 0.681. The first-order chi connectivity index (χ1) is 7.68. The Hall–Kier alpha value is -0.940. The number of imide groups is 1. The van der Waals surface area contributed by atoms with Crippen molar-refractivity contribution in [1.29, 1.82) is 0 Å². The molecule has 0 bridgehead atoms. The second-order valence-electron chi connectivity index (χ2n) is 4.58. The van der Waals surface area contributed by atoms with Crippen LogP contribution in [-0.2, 0) is 14.3 Å². The molecule has 1 aliphatic heterocycles. The monoisotopic (exact) mass is 226 g/mol. The topological polar surface area (TPSA) is 72.6 Å². The molecule has 0 spiro atoms. The van der Waals surface area contributed by atoms with E-state index in [0.717, 1.165) is 25.7 Å². The lowest BCUT2D eigenvalue weighted by atomic mass is 10.00. The Morgan fingerprint density at radius 2 is 1.94 bits per heavy atom. The second-order valence-corrected chi connectivity index (χ2v) is 4.58. The van der Waals surface area contributed by atoms with Crippen LogP contribution in [0.5, 0.6) is 0 Å². The maximum absolute atomic E-state index is 11.4. The standard InChI is InChI=1S/C11H18N2O3/c12-9-3-1-2-8(9)4-5-13-10(14)6-16-7-11(13)15/h8-9H,1-7,12H2. The average Bonchev–Trinajstić information content (AvgIpc) is 2.64. The Labute approximate surface area is 94.9 Å². The largest absolute Gasteiger partial charge is 0.362 e. The second kappa shape index (κ2) is 4.93. The normalized spacial score (nSPS) is 31.2. The molecule has 16 heavy (non-hydrogen) atoms. The van der Waals surface area contributed by atoms with Crippen LogP contribution in [0.25, 0.3) is 0 Å². The van der Waals surface area contributed by atoms with E-state index in [0.29, 0.717) is 12.5 Å². The number of nitrogens with zero attached hydrogens (tertiary/aromatic N) is 1. The van der Waals surface area contributed by atoms with Gasteiger partial charge in [0.2, 0.25) is 0 Å². The van der Waals surface area contributed by atoms with Gasteiger partial charge in [-0.2, -0.15) is 0 Å². The van der Waals surface area contributed by atoms with E-state index in [1.165, 1.54) is 4.90 Å². The summed E-state index contributed by atoms with van der Waals surface area (Å²) in [5.74, 6) is 0.0223. The molecule has 5 heteroatoms. The van der Waals surface area contributed by atoms with Crippen molar-refractivity contribution < 1.29 is 14.3 Å². The third-order valence-corrected chi connectivity index (χ3v) is 3.49. The summed E-state index contributed by atoms with van der Waals surface area (Å²) < 4.78 is 4.85. The summed E-state index contributed by atoms with van der Waals surface area (Å²) in [6.07, 6.45) is 4.18. The highest BCUT2D eigenvalue weighted by Crippen LogP contribution is 2.27. The fraction of sp³-hybridized carbons (Fsp3) is 0.818. The third kappa shape index (κ3) is 2.41. The molecule has 2 atom stereocenters. The molecular weight excluding hydrogens is 208 g/mol. The van der Waals surface area contributed by atoms with Crippen molar-refractivity contribution in [2.45, 2.75) is 31.7 Å². The number of carbonyl (C=O) groups excluding carboxylic acids is 2. The molecule has 0 aromatic heterocycles. The zero-order valence-electron chi connectivity index (χ0n) is 9.35. The molecule has 1 heterocycles. The maximum Gasteiger partial charge on any atom is 0.255 e. The molecule has 1 saturated carbocycles. The van der Waals surface area contributed by atoms with E-state index < -0.39 is 0 Å². The van der Waals surface area contributed by atoms with Crippen molar-refractivity contribution in [3.05, 3.63) is 0 Å². The molecule has 2 rings (SSSR count). The Balaban J connectivity index is 1.84. The minimum Gasteiger partial charge on any atom is -0.362 e. The van der Waals surface area contributed by atoms with Crippen LogP contribution in [0.2, 0.25) is 0 Å². The van der Waals surface area contributed by atoms with Crippen molar-refractivity contribution >= 4 is 11.8 Å². The van der Waals surface area contributed by atoms with Gasteiger partial charge in [-0.3, -0.25) is 14.5 Å². The van der Waals surface area contributed by atoms with Gasteiger partial charge in [-0.15, -0.1) is 0 Å². The van der Waals surface area contributed by atoms with E-state index in [1.54, 1.807) is 0 Å². The average molecular weight is 226 g/mol. The zero-order valence-corrected chi connectivity index (χ0v) is 9.35. The first-order valence-corrected chi connectivity index (χ1v) is 5.85. The van der Waals surface area contributed by atoms with Crippen LogP contribution in [0, 0.1) is 5.92 Å². The minimum atomic E-state index is -0.220. The Morgan fingerprint density at radius 3 is 2.50 bits per heavy atom. The maximum atomic E-state index is 11.4. The van der Waals surface area contributed by atoms with E-state index in [4.69, 9.17) is 10.5 Å². The first-order valence-electron chi connectivity index (χ1n) is 5.85. The Kier molecular flexibility index (Phi) is 3.56. The van der Waals surface area contributed by atoms with Crippen LogP contribution in [0.15, 0.2) is 0 Å². The van der Waals surface area contributed by atoms with Crippen LogP contribution in [0.3, 0.4) is 0 Å². The number of ether oxygens (including phenoxy) is 1. The lowest BCUT2D eigenvalue weighted by Crippen LogP contribution is -2.47. The van der Waals surface area contributed by atoms with Gasteiger partial charge in [-0.05, 0) is 25.2 Å². The summed E-state index contributed by atoms with van der Waals surface area (Å²) in [7, 11) is 0. The van der Waals surface area contributed by atoms with Crippen molar-refractivity contribution in [3.63, 3.8) is 0 Å². The number of nitrogens with two attached hydrogens (primary N) is 1. The summed E-state index contributed by atoms with van der Waals surface area (Å²) >= 11 is 0. The van der Waals surface area contributed by atoms with Crippen LogP contribution in [0.4, 0.5) is 0 Å². The van der Waals surface area contributed by atoms with Gasteiger partial charge in [-0.1, -0.05) is 6.42 Å². The fourth-order valence-corrected chi connectivity index (χ4v) is 2.49. The molecule has 2 N–H and O–H groups in total. The highest BCUT2D eigenvalue weighted by Gasteiger charge is 2.29. The minimum absolute atomic E-state index is 0.0302. The molecule has 0 radical (unpaired) electrons. The van der Waals surface area contributed by atoms with Gasteiger partial charge < -0.3 is 10.5 Å². The lowest BCUT2D eigenvalue weighted by Gasteiger charge is -2.26. The van der Waals surface area contributed by atoms with Gasteiger partial charge in [0.1, 0.15) is 13.2 Å². The van der Waals surface area contributed by atoms with Crippen LogP contribution < -0.4 is 5.73 Å². The van der Waals surface area contributed by atoms with E-state index in [1.807, 2.05) is 0 Å².